The minimum absolute atomic E-state index is 0.0880. The fourth-order valence-corrected chi connectivity index (χ4v) is 0.878. The molecule has 0 N–H and O–H groups in total. The molecule has 48 valence electrons. The summed E-state index contributed by atoms with van der Waals surface area (Å²) in [4.78, 5) is 0. The summed E-state index contributed by atoms with van der Waals surface area (Å²) >= 11 is 0. The third-order valence-corrected chi connectivity index (χ3v) is 1.66. The molecular weight excluding hydrogens is 116 g/mol. The first kappa shape index (κ1) is 5.98. The molecule has 0 aromatic carbocycles. The second-order valence-corrected chi connectivity index (χ2v) is 2.50. The van der Waals surface area contributed by atoms with Crippen LogP contribution in [0.1, 0.15) is 13.3 Å². The monoisotopic (exact) mass is 123 g/mol. The van der Waals surface area contributed by atoms with E-state index in [-0.39, 0.29) is 5.92 Å². The molecule has 1 rings (SSSR count). The van der Waals surface area contributed by atoms with E-state index in [0.717, 1.165) is 0 Å². The SMILES string of the molecule is C[C@@H]1C[C@H]1[B-](F)(F)F. The molecule has 0 radical (unpaired) electrons. The smallest absolute Gasteiger partial charge is 0.449 e. The first-order chi connectivity index (χ1) is 3.52. The van der Waals surface area contributed by atoms with Crippen LogP contribution in [0.15, 0.2) is 0 Å². The van der Waals surface area contributed by atoms with Gasteiger partial charge in [-0.05, 0) is 0 Å². The lowest BCUT2D eigenvalue weighted by atomic mass is 9.82. The molecule has 1 aliphatic carbocycles. The highest BCUT2D eigenvalue weighted by molar-refractivity contribution is 6.61. The Bertz CT molecular complexity index is 97.9. The second-order valence-electron chi connectivity index (χ2n) is 2.50. The molecule has 4 heteroatoms. The van der Waals surface area contributed by atoms with Crippen LogP contribution in [0.5, 0.6) is 0 Å². The van der Waals surface area contributed by atoms with E-state index in [1.807, 2.05) is 0 Å². The molecule has 0 spiro atoms. The highest BCUT2D eigenvalue weighted by Crippen LogP contribution is 2.52. The van der Waals surface area contributed by atoms with Crippen molar-refractivity contribution in [1.82, 2.24) is 0 Å². The van der Waals surface area contributed by atoms with Crippen LogP contribution in [0.2, 0.25) is 5.82 Å². The lowest BCUT2D eigenvalue weighted by molar-refractivity contribution is 0.461. The van der Waals surface area contributed by atoms with Crippen LogP contribution in [-0.2, 0) is 0 Å². The molecule has 0 saturated heterocycles. The van der Waals surface area contributed by atoms with E-state index in [9.17, 15) is 12.9 Å². The highest BCUT2D eigenvalue weighted by Gasteiger charge is 2.47. The van der Waals surface area contributed by atoms with Gasteiger partial charge < -0.3 is 12.9 Å². The number of halogens is 3. The van der Waals surface area contributed by atoms with E-state index < -0.39 is 12.8 Å². The maximum absolute atomic E-state index is 11.6. The zero-order valence-electron chi connectivity index (χ0n) is 4.57. The average molecular weight is 123 g/mol. The van der Waals surface area contributed by atoms with Crippen molar-refractivity contribution in [2.75, 3.05) is 0 Å². The Morgan fingerprint density at radius 2 is 1.75 bits per heavy atom. The molecular formula is C4H7BF3-. The normalized spacial score (nSPS) is 37.5. The average Bonchev–Trinajstić information content (AvgIpc) is 2.13. The molecule has 1 aliphatic rings. The molecule has 0 aromatic rings. The molecule has 1 saturated carbocycles. The Morgan fingerprint density at radius 3 is 1.75 bits per heavy atom. The van der Waals surface area contributed by atoms with Gasteiger partial charge in [-0.3, -0.25) is 0 Å². The molecule has 0 aliphatic heterocycles. The van der Waals surface area contributed by atoms with Crippen LogP contribution in [0.4, 0.5) is 12.9 Å². The molecule has 8 heavy (non-hydrogen) atoms. The zero-order chi connectivity index (χ0) is 6.36. The summed E-state index contributed by atoms with van der Waals surface area (Å²) < 4.78 is 34.7. The van der Waals surface area contributed by atoms with Crippen molar-refractivity contribution < 1.29 is 12.9 Å². The van der Waals surface area contributed by atoms with Crippen LogP contribution in [0, 0.1) is 5.92 Å². The lowest BCUT2D eigenvalue weighted by Crippen LogP contribution is -2.15. The van der Waals surface area contributed by atoms with Crippen molar-refractivity contribution in [1.29, 1.82) is 0 Å². The van der Waals surface area contributed by atoms with Gasteiger partial charge in [0.25, 0.3) is 0 Å². The minimum atomic E-state index is -4.49. The van der Waals surface area contributed by atoms with Crippen molar-refractivity contribution in [2.24, 2.45) is 5.92 Å². The molecule has 0 aromatic heterocycles. The quantitative estimate of drug-likeness (QED) is 0.469. The number of rotatable bonds is 1. The van der Waals surface area contributed by atoms with Gasteiger partial charge in [0.15, 0.2) is 0 Å². The van der Waals surface area contributed by atoms with Crippen LogP contribution in [0.3, 0.4) is 0 Å². The summed E-state index contributed by atoms with van der Waals surface area (Å²) in [6, 6.07) is 0. The van der Waals surface area contributed by atoms with Crippen LogP contribution in [0.25, 0.3) is 0 Å². The Hall–Kier alpha value is -0.145. The molecule has 0 nitrogen and oxygen atoms in total. The van der Waals surface area contributed by atoms with Gasteiger partial charge in [0.05, 0.1) is 0 Å². The van der Waals surface area contributed by atoms with Crippen molar-refractivity contribution in [3.05, 3.63) is 0 Å². The topological polar surface area (TPSA) is 0 Å². The van der Waals surface area contributed by atoms with Gasteiger partial charge in [-0.1, -0.05) is 25.1 Å². The van der Waals surface area contributed by atoms with Crippen molar-refractivity contribution in [3.8, 4) is 0 Å². The van der Waals surface area contributed by atoms with E-state index >= 15 is 0 Å². The predicted octanol–water partition coefficient (Wildman–Crippen LogP) is 2.24. The Kier molecular flexibility index (Phi) is 1.06. The highest BCUT2D eigenvalue weighted by atomic mass is 19.4. The summed E-state index contributed by atoms with van der Waals surface area (Å²) in [5.41, 5.74) is 0. The van der Waals surface area contributed by atoms with Gasteiger partial charge in [-0.25, -0.2) is 0 Å². The summed E-state index contributed by atoms with van der Waals surface area (Å²) in [7, 11) is 0. The Morgan fingerprint density at radius 1 is 1.38 bits per heavy atom. The molecule has 0 bridgehead atoms. The van der Waals surface area contributed by atoms with Gasteiger partial charge in [0, 0.05) is 0 Å². The summed E-state index contributed by atoms with van der Waals surface area (Å²) in [5.74, 6) is -1.01. The maximum Gasteiger partial charge on any atom is 0.481 e. The van der Waals surface area contributed by atoms with Crippen molar-refractivity contribution in [3.63, 3.8) is 0 Å². The summed E-state index contributed by atoms with van der Waals surface area (Å²) in [6.07, 6.45) is 0.365. The third-order valence-electron chi connectivity index (χ3n) is 1.66. The minimum Gasteiger partial charge on any atom is -0.449 e. The summed E-state index contributed by atoms with van der Waals surface area (Å²) in [6.45, 7) is -2.85. The maximum atomic E-state index is 11.6. The van der Waals surface area contributed by atoms with E-state index in [2.05, 4.69) is 0 Å². The third kappa shape index (κ3) is 0.982. The van der Waals surface area contributed by atoms with Gasteiger partial charge in [0.1, 0.15) is 0 Å². The summed E-state index contributed by atoms with van der Waals surface area (Å²) in [5, 5.41) is 0. The van der Waals surface area contributed by atoms with Crippen LogP contribution in [-0.4, -0.2) is 6.98 Å². The second kappa shape index (κ2) is 1.42. The largest absolute Gasteiger partial charge is 0.481 e. The van der Waals surface area contributed by atoms with Gasteiger partial charge in [0.2, 0.25) is 0 Å². The van der Waals surface area contributed by atoms with Gasteiger partial charge in [-0.15, -0.1) is 0 Å². The molecule has 0 unspecified atom stereocenters. The van der Waals surface area contributed by atoms with E-state index in [1.54, 1.807) is 6.92 Å². The van der Waals surface area contributed by atoms with E-state index in [4.69, 9.17) is 0 Å². The zero-order valence-corrected chi connectivity index (χ0v) is 4.57. The number of hydrogen-bond acceptors (Lipinski definition) is 0. The fourth-order valence-electron chi connectivity index (χ4n) is 0.878. The first-order valence-corrected chi connectivity index (χ1v) is 2.72. The molecule has 0 amide bonds. The predicted molar refractivity (Wildman–Crippen MR) is 26.6 cm³/mol. The van der Waals surface area contributed by atoms with Gasteiger partial charge >= 0.3 is 6.98 Å². The van der Waals surface area contributed by atoms with E-state index in [1.165, 1.54) is 0 Å². The van der Waals surface area contributed by atoms with Crippen LogP contribution >= 0.6 is 0 Å². The number of hydrogen-bond donors (Lipinski definition) is 0. The first-order valence-electron chi connectivity index (χ1n) is 2.72. The Balaban J connectivity index is 2.39. The van der Waals surface area contributed by atoms with Crippen LogP contribution < -0.4 is 0 Å². The van der Waals surface area contributed by atoms with Crippen molar-refractivity contribution in [2.45, 2.75) is 19.2 Å². The lowest BCUT2D eigenvalue weighted by Gasteiger charge is -2.10. The fraction of sp³-hybridized carbons (Fsp3) is 1.00. The van der Waals surface area contributed by atoms with E-state index in [0.29, 0.717) is 6.42 Å². The standard InChI is InChI=1S/C4H7BF3/c1-3-2-4(3)5(6,7)8/h3-4H,2H2,1H3/q-1/t3-,4-/m1/s1. The Labute approximate surface area is 46.1 Å². The molecule has 0 heterocycles. The van der Waals surface area contributed by atoms with Gasteiger partial charge in [-0.2, -0.15) is 0 Å². The molecule has 1 fully saturated rings. The van der Waals surface area contributed by atoms with Crippen molar-refractivity contribution >= 4 is 6.98 Å². The molecule has 2 atom stereocenters.